The van der Waals surface area contributed by atoms with Crippen LogP contribution in [-0.4, -0.2) is 24.1 Å². The van der Waals surface area contributed by atoms with Crippen LogP contribution in [0.15, 0.2) is 0 Å². The summed E-state index contributed by atoms with van der Waals surface area (Å²) < 4.78 is 4.64. The molecule has 1 unspecified atom stereocenters. The number of hydrogen-bond acceptors (Lipinski definition) is 5. The molecule has 1 heterocycles. The Labute approximate surface area is 93.7 Å². The van der Waals surface area contributed by atoms with E-state index >= 15 is 0 Å². The normalized spacial score (nSPS) is 12.3. The van der Waals surface area contributed by atoms with E-state index in [4.69, 9.17) is 0 Å². The van der Waals surface area contributed by atoms with Gasteiger partial charge in [0, 0.05) is 10.9 Å². The predicted octanol–water partition coefficient (Wildman–Crippen LogP) is 2.45. The summed E-state index contributed by atoms with van der Waals surface area (Å²) in [7, 11) is 1.36. The molecule has 1 N–H and O–H groups in total. The molecule has 0 fully saturated rings. The number of aromatic nitrogens is 1. The Balaban J connectivity index is 2.81. The number of carbonyl (C=O) groups excluding carboxylic acids is 1. The van der Waals surface area contributed by atoms with Crippen LogP contribution >= 0.6 is 11.3 Å². The van der Waals surface area contributed by atoms with E-state index in [1.807, 2.05) is 6.92 Å². The van der Waals surface area contributed by atoms with Crippen LogP contribution in [0.2, 0.25) is 0 Å². The zero-order valence-corrected chi connectivity index (χ0v) is 10.3. The monoisotopic (exact) mass is 228 g/mol. The lowest BCUT2D eigenvalue weighted by Crippen LogP contribution is -2.13. The Bertz CT molecular complexity index is 349. The van der Waals surface area contributed by atoms with Crippen molar-refractivity contribution in [3.05, 3.63) is 10.6 Å². The van der Waals surface area contributed by atoms with E-state index in [9.17, 15) is 4.79 Å². The summed E-state index contributed by atoms with van der Waals surface area (Å²) in [4.78, 5) is 16.4. The van der Waals surface area contributed by atoms with Crippen molar-refractivity contribution in [1.29, 1.82) is 0 Å². The fourth-order valence-corrected chi connectivity index (χ4v) is 1.97. The fraction of sp³-hybridized carbons (Fsp3) is 0.600. The maximum absolute atomic E-state index is 11.3. The Morgan fingerprint density at radius 1 is 1.67 bits per heavy atom. The Hall–Kier alpha value is -1.10. The third-order valence-corrected chi connectivity index (χ3v) is 3.06. The molecule has 1 aromatic heterocycles. The minimum absolute atomic E-state index is 0.362. The van der Waals surface area contributed by atoms with Gasteiger partial charge in [0.25, 0.3) is 0 Å². The molecule has 0 amide bonds. The number of thiazole rings is 1. The Morgan fingerprint density at radius 2 is 2.33 bits per heavy atom. The van der Waals surface area contributed by atoms with Crippen molar-refractivity contribution in [3.63, 3.8) is 0 Å². The van der Waals surface area contributed by atoms with E-state index in [-0.39, 0.29) is 5.97 Å². The highest BCUT2D eigenvalue weighted by Crippen LogP contribution is 2.23. The van der Waals surface area contributed by atoms with Gasteiger partial charge in [0.05, 0.1) is 7.11 Å². The number of hydrogen-bond donors (Lipinski definition) is 1. The molecule has 0 saturated heterocycles. The average Bonchev–Trinajstić information content (AvgIpc) is 2.58. The number of anilines is 1. The SMILES string of the molecule is CCC(C)Nc1nc(C(=O)OC)c(C)s1. The maximum Gasteiger partial charge on any atom is 0.357 e. The van der Waals surface area contributed by atoms with Crippen molar-refractivity contribution in [3.8, 4) is 0 Å². The topological polar surface area (TPSA) is 51.2 Å². The van der Waals surface area contributed by atoms with Crippen LogP contribution in [0.5, 0.6) is 0 Å². The first kappa shape index (κ1) is 12.0. The molecule has 5 heteroatoms. The number of carbonyl (C=O) groups is 1. The van der Waals surface area contributed by atoms with Crippen LogP contribution in [0.4, 0.5) is 5.13 Å². The van der Waals surface area contributed by atoms with E-state index in [0.29, 0.717) is 11.7 Å². The van der Waals surface area contributed by atoms with Crippen LogP contribution in [0, 0.1) is 6.92 Å². The quantitative estimate of drug-likeness (QED) is 0.804. The lowest BCUT2D eigenvalue weighted by molar-refractivity contribution is 0.0594. The van der Waals surface area contributed by atoms with Crippen LogP contribution in [-0.2, 0) is 4.74 Å². The summed E-state index contributed by atoms with van der Waals surface area (Å²) in [5, 5.41) is 4.01. The first-order chi connectivity index (χ1) is 7.08. The van der Waals surface area contributed by atoms with Gasteiger partial charge in [0.2, 0.25) is 0 Å². The highest BCUT2D eigenvalue weighted by Gasteiger charge is 2.16. The van der Waals surface area contributed by atoms with E-state index in [1.165, 1.54) is 18.4 Å². The van der Waals surface area contributed by atoms with Crippen LogP contribution in [0.25, 0.3) is 0 Å². The summed E-state index contributed by atoms with van der Waals surface area (Å²) in [6.07, 6.45) is 1.02. The van der Waals surface area contributed by atoms with Gasteiger partial charge in [0.1, 0.15) is 0 Å². The van der Waals surface area contributed by atoms with Crippen LogP contribution < -0.4 is 5.32 Å². The molecule has 15 heavy (non-hydrogen) atoms. The van der Waals surface area contributed by atoms with Gasteiger partial charge in [-0.05, 0) is 20.3 Å². The smallest absolute Gasteiger partial charge is 0.357 e. The second kappa shape index (κ2) is 5.11. The number of methoxy groups -OCH3 is 1. The molecule has 0 aliphatic rings. The van der Waals surface area contributed by atoms with Gasteiger partial charge < -0.3 is 10.1 Å². The minimum Gasteiger partial charge on any atom is -0.464 e. The first-order valence-corrected chi connectivity index (χ1v) is 5.72. The zero-order chi connectivity index (χ0) is 11.4. The van der Waals surface area contributed by atoms with Crippen molar-refractivity contribution in [2.45, 2.75) is 33.2 Å². The minimum atomic E-state index is -0.374. The molecule has 0 saturated carbocycles. The standard InChI is InChI=1S/C10H16N2O2S/c1-5-6(2)11-10-12-8(7(3)15-10)9(13)14-4/h6H,5H2,1-4H3,(H,11,12). The highest BCUT2D eigenvalue weighted by atomic mass is 32.1. The summed E-state index contributed by atoms with van der Waals surface area (Å²) in [5.41, 5.74) is 0.410. The molecule has 0 radical (unpaired) electrons. The Kier molecular flexibility index (Phi) is 4.08. The Morgan fingerprint density at radius 3 is 2.87 bits per heavy atom. The molecule has 1 aromatic rings. The number of nitrogens with one attached hydrogen (secondary N) is 1. The lowest BCUT2D eigenvalue weighted by Gasteiger charge is -2.08. The van der Waals surface area contributed by atoms with Crippen molar-refractivity contribution in [1.82, 2.24) is 4.98 Å². The summed E-state index contributed by atoms with van der Waals surface area (Å²) >= 11 is 1.48. The first-order valence-electron chi connectivity index (χ1n) is 4.90. The molecule has 0 bridgehead atoms. The third kappa shape index (κ3) is 2.92. The fourth-order valence-electron chi connectivity index (χ4n) is 1.06. The molecule has 0 aliphatic carbocycles. The molecule has 0 aliphatic heterocycles. The van der Waals surface area contributed by atoms with Crippen LogP contribution in [0.3, 0.4) is 0 Å². The van der Waals surface area contributed by atoms with Crippen LogP contribution in [0.1, 0.15) is 35.6 Å². The van der Waals surface area contributed by atoms with Gasteiger partial charge in [-0.2, -0.15) is 0 Å². The number of rotatable bonds is 4. The second-order valence-corrected chi connectivity index (χ2v) is 4.57. The number of nitrogens with zero attached hydrogens (tertiary/aromatic N) is 1. The predicted molar refractivity (Wildman–Crippen MR) is 61.6 cm³/mol. The van der Waals surface area contributed by atoms with E-state index in [0.717, 1.165) is 16.4 Å². The maximum atomic E-state index is 11.3. The molecule has 84 valence electrons. The zero-order valence-electron chi connectivity index (χ0n) is 9.46. The lowest BCUT2D eigenvalue weighted by atomic mass is 10.3. The van der Waals surface area contributed by atoms with Crippen molar-refractivity contribution >= 4 is 22.4 Å². The molecule has 0 spiro atoms. The summed E-state index contributed by atoms with van der Waals surface area (Å²) in [6.45, 7) is 6.04. The van der Waals surface area contributed by atoms with E-state index in [2.05, 4.69) is 28.9 Å². The van der Waals surface area contributed by atoms with E-state index in [1.54, 1.807) is 0 Å². The van der Waals surface area contributed by atoms with Crippen molar-refractivity contribution in [2.75, 3.05) is 12.4 Å². The highest BCUT2D eigenvalue weighted by molar-refractivity contribution is 7.15. The van der Waals surface area contributed by atoms with E-state index < -0.39 is 0 Å². The molecule has 1 rings (SSSR count). The van der Waals surface area contributed by atoms with Gasteiger partial charge in [-0.1, -0.05) is 6.92 Å². The molecule has 4 nitrogen and oxygen atoms in total. The van der Waals surface area contributed by atoms with Crippen molar-refractivity contribution < 1.29 is 9.53 Å². The number of esters is 1. The van der Waals surface area contributed by atoms with Crippen molar-refractivity contribution in [2.24, 2.45) is 0 Å². The molecular formula is C10H16N2O2S. The summed E-state index contributed by atoms with van der Waals surface area (Å²) in [5.74, 6) is -0.374. The summed E-state index contributed by atoms with van der Waals surface area (Å²) in [6, 6.07) is 0.362. The van der Waals surface area contributed by atoms with Gasteiger partial charge in [-0.25, -0.2) is 9.78 Å². The van der Waals surface area contributed by atoms with Gasteiger partial charge in [-0.15, -0.1) is 11.3 Å². The second-order valence-electron chi connectivity index (χ2n) is 3.37. The van der Waals surface area contributed by atoms with Gasteiger partial charge in [0.15, 0.2) is 10.8 Å². The molecule has 1 atom stereocenters. The molecular weight excluding hydrogens is 212 g/mol. The largest absolute Gasteiger partial charge is 0.464 e. The van der Waals surface area contributed by atoms with Gasteiger partial charge in [-0.3, -0.25) is 0 Å². The number of aryl methyl sites for hydroxylation is 1. The molecule has 0 aromatic carbocycles. The van der Waals surface area contributed by atoms with Gasteiger partial charge >= 0.3 is 5.97 Å². The third-order valence-electron chi connectivity index (χ3n) is 2.16. The number of ether oxygens (including phenoxy) is 1. The average molecular weight is 228 g/mol.